The first kappa shape index (κ1) is 20.9. The van der Waals surface area contributed by atoms with E-state index in [-0.39, 0.29) is 0 Å². The third-order valence-electron chi connectivity index (χ3n) is 4.72. The number of benzene rings is 4. The average Bonchev–Trinajstić information content (AvgIpc) is 2.81. The quantitative estimate of drug-likeness (QED) is 0.306. The van der Waals surface area contributed by atoms with Crippen molar-refractivity contribution < 1.29 is 0 Å². The van der Waals surface area contributed by atoms with Gasteiger partial charge < -0.3 is 0 Å². The van der Waals surface area contributed by atoms with Gasteiger partial charge in [-0.1, -0.05) is 121 Å². The summed E-state index contributed by atoms with van der Waals surface area (Å²) in [5, 5.41) is 7.70. The summed E-state index contributed by atoms with van der Waals surface area (Å²) >= 11 is 0. The number of rotatable bonds is 7. The van der Waals surface area contributed by atoms with E-state index >= 15 is 0 Å². The zero-order chi connectivity index (χ0) is 20.8. The van der Waals surface area contributed by atoms with Crippen molar-refractivity contribution in [2.24, 2.45) is 0 Å². The lowest BCUT2D eigenvalue weighted by Gasteiger charge is -2.42. The predicted octanol–water partition coefficient (Wildman–Crippen LogP) is 4.86. The van der Waals surface area contributed by atoms with Crippen LogP contribution in [0.4, 0.5) is 0 Å². The summed E-state index contributed by atoms with van der Waals surface area (Å²) in [4.78, 5) is 0. The number of hydrogen-bond acceptors (Lipinski definition) is 2. The van der Waals surface area contributed by atoms with Gasteiger partial charge in [-0.3, -0.25) is 0 Å². The lowest BCUT2D eigenvalue weighted by Crippen LogP contribution is -2.39. The minimum atomic E-state index is -0.752. The third kappa shape index (κ3) is 4.69. The van der Waals surface area contributed by atoms with E-state index in [1.807, 2.05) is 0 Å². The van der Waals surface area contributed by atoms with Crippen molar-refractivity contribution in [3.8, 4) is 0 Å². The molecule has 0 spiro atoms. The largest absolute Gasteiger partial charge is 0.240 e. The Kier molecular flexibility index (Phi) is 7.05. The molecule has 0 amide bonds. The zero-order valence-electron chi connectivity index (χ0n) is 17.3. The first-order chi connectivity index (χ1) is 14.8. The van der Waals surface area contributed by atoms with E-state index in [9.17, 15) is 0 Å². The van der Waals surface area contributed by atoms with E-state index in [4.69, 9.17) is 0 Å². The second-order valence-corrected chi connectivity index (χ2v) is 11.5. The summed E-state index contributed by atoms with van der Waals surface area (Å²) in [6.07, 6.45) is 0. The summed E-state index contributed by atoms with van der Waals surface area (Å²) in [7, 11) is 2.83. The molecule has 0 fully saturated rings. The second-order valence-electron chi connectivity index (χ2n) is 7.08. The van der Waals surface area contributed by atoms with E-state index in [1.54, 1.807) is 0 Å². The van der Waals surface area contributed by atoms with E-state index in [2.05, 4.69) is 145 Å². The molecule has 0 saturated carbocycles. The molecule has 0 radical (unpaired) electrons. The summed E-state index contributed by atoms with van der Waals surface area (Å²) < 4.78 is 2.61. The molecular weight excluding hydrogens is 402 g/mol. The second kappa shape index (κ2) is 10.1. The van der Waals surface area contributed by atoms with Gasteiger partial charge in [0.2, 0.25) is 0 Å². The van der Waals surface area contributed by atoms with Crippen molar-refractivity contribution in [3.05, 3.63) is 121 Å². The van der Waals surface area contributed by atoms with Gasteiger partial charge in [0, 0.05) is 30.2 Å². The van der Waals surface area contributed by atoms with Crippen LogP contribution in [-0.4, -0.2) is 23.7 Å². The molecule has 0 saturated heterocycles. The van der Waals surface area contributed by atoms with Gasteiger partial charge in [0.25, 0.3) is 0 Å². The van der Waals surface area contributed by atoms with Crippen LogP contribution in [0, 0.1) is 0 Å². The Morgan fingerprint density at radius 2 is 0.633 bits per heavy atom. The fourth-order valence-corrected chi connectivity index (χ4v) is 9.35. The van der Waals surface area contributed by atoms with Crippen LogP contribution in [0.5, 0.6) is 0 Å². The van der Waals surface area contributed by atoms with Gasteiger partial charge in [0.1, 0.15) is 0 Å². The van der Waals surface area contributed by atoms with Gasteiger partial charge in [0.15, 0.2) is 0 Å². The van der Waals surface area contributed by atoms with Crippen LogP contribution >= 0.6 is 16.1 Å². The van der Waals surface area contributed by atoms with Gasteiger partial charge in [-0.15, -0.1) is 0 Å². The molecular formula is C26H26N2P2. The first-order valence-electron chi connectivity index (χ1n) is 10.0. The molecule has 4 rings (SSSR count). The maximum Gasteiger partial charge on any atom is 0.0489 e. The molecule has 0 bridgehead atoms. The van der Waals surface area contributed by atoms with Crippen LogP contribution in [0.3, 0.4) is 0 Å². The van der Waals surface area contributed by atoms with Crippen LogP contribution in [-0.2, 0) is 0 Å². The van der Waals surface area contributed by atoms with E-state index in [0.29, 0.717) is 0 Å². The predicted molar refractivity (Wildman–Crippen MR) is 134 cm³/mol. The zero-order valence-corrected chi connectivity index (χ0v) is 19.1. The Morgan fingerprint density at radius 1 is 0.400 bits per heavy atom. The van der Waals surface area contributed by atoms with Crippen LogP contribution in [0.2, 0.25) is 0 Å². The summed E-state index contributed by atoms with van der Waals surface area (Å²) in [6, 6.07) is 43.7. The molecule has 4 aromatic carbocycles. The molecule has 0 aliphatic carbocycles. The lowest BCUT2D eigenvalue weighted by atomic mass is 10.4. The molecule has 4 heteroatoms. The van der Waals surface area contributed by atoms with Crippen molar-refractivity contribution in [1.82, 2.24) is 9.56 Å². The van der Waals surface area contributed by atoms with E-state index in [0.717, 1.165) is 0 Å². The number of nitrogens with zero attached hydrogens (tertiary/aromatic N) is 2. The molecule has 0 atom stereocenters. The Morgan fingerprint density at radius 3 is 0.833 bits per heavy atom. The Labute approximate surface area is 182 Å². The molecule has 150 valence electrons. The normalized spacial score (nSPS) is 11.5. The van der Waals surface area contributed by atoms with Gasteiger partial charge in [-0.25, -0.2) is 5.01 Å². The topological polar surface area (TPSA) is 6.48 Å². The highest BCUT2D eigenvalue weighted by atomic mass is 31.2. The first-order valence-corrected chi connectivity index (χ1v) is 12.6. The fourth-order valence-electron chi connectivity index (χ4n) is 3.44. The van der Waals surface area contributed by atoms with Crippen LogP contribution in [0.1, 0.15) is 0 Å². The highest BCUT2D eigenvalue weighted by Gasteiger charge is 2.33. The maximum atomic E-state index is 2.61. The number of hydrazine groups is 1. The smallest absolute Gasteiger partial charge is 0.0489 e. The Bertz CT molecular complexity index is 864. The Balaban J connectivity index is 1.92. The van der Waals surface area contributed by atoms with Crippen molar-refractivity contribution >= 4 is 37.4 Å². The highest BCUT2D eigenvalue weighted by molar-refractivity contribution is 7.84. The molecule has 4 aromatic rings. The Hall–Kier alpha value is -2.34. The SMILES string of the molecule is CN(C)N(P(c1ccccc1)c1ccccc1)P(c1ccccc1)c1ccccc1. The third-order valence-corrected chi connectivity index (χ3v) is 10.4. The molecule has 0 aromatic heterocycles. The minimum Gasteiger partial charge on any atom is -0.240 e. The molecule has 0 unspecified atom stereocenters. The van der Waals surface area contributed by atoms with Gasteiger partial charge in [-0.2, -0.15) is 4.55 Å². The standard InChI is InChI=1S/C26H26N2P2/c1-27(2)28(29(23-15-7-3-8-16-23)24-17-9-4-10-18-24)30(25-19-11-5-12-20-25)26-21-13-6-14-22-26/h3-22H,1-2H3. The number of hydrogen-bond donors (Lipinski definition) is 0. The summed E-state index contributed by atoms with van der Waals surface area (Å²) in [6.45, 7) is 0. The van der Waals surface area contributed by atoms with Gasteiger partial charge in [0.05, 0.1) is 0 Å². The van der Waals surface area contributed by atoms with E-state index < -0.39 is 16.1 Å². The van der Waals surface area contributed by atoms with Crippen LogP contribution < -0.4 is 21.2 Å². The van der Waals surface area contributed by atoms with Crippen LogP contribution in [0.15, 0.2) is 121 Å². The molecule has 0 aliphatic rings. The van der Waals surface area contributed by atoms with Crippen molar-refractivity contribution in [3.63, 3.8) is 0 Å². The van der Waals surface area contributed by atoms with Gasteiger partial charge >= 0.3 is 0 Å². The van der Waals surface area contributed by atoms with Crippen LogP contribution in [0.25, 0.3) is 0 Å². The van der Waals surface area contributed by atoms with Crippen molar-refractivity contribution in [2.45, 2.75) is 0 Å². The highest BCUT2D eigenvalue weighted by Crippen LogP contribution is 2.54. The summed E-state index contributed by atoms with van der Waals surface area (Å²) in [5.41, 5.74) is 0. The molecule has 30 heavy (non-hydrogen) atoms. The van der Waals surface area contributed by atoms with Crippen molar-refractivity contribution in [2.75, 3.05) is 14.1 Å². The molecule has 0 heterocycles. The molecule has 0 N–H and O–H groups in total. The average molecular weight is 428 g/mol. The molecule has 2 nitrogen and oxygen atoms in total. The monoisotopic (exact) mass is 428 g/mol. The summed E-state index contributed by atoms with van der Waals surface area (Å²) in [5.74, 6) is 0. The van der Waals surface area contributed by atoms with E-state index in [1.165, 1.54) is 21.2 Å². The fraction of sp³-hybridized carbons (Fsp3) is 0.0769. The van der Waals surface area contributed by atoms with Gasteiger partial charge in [-0.05, 0) is 21.2 Å². The minimum absolute atomic E-state index is 0.752. The molecule has 0 aliphatic heterocycles. The van der Waals surface area contributed by atoms with Crippen molar-refractivity contribution in [1.29, 1.82) is 0 Å². The maximum absolute atomic E-state index is 2.61. The lowest BCUT2D eigenvalue weighted by molar-refractivity contribution is 0.249.